The van der Waals surface area contributed by atoms with Gasteiger partial charge in [-0.15, -0.1) is 5.56 Å². The second-order valence-corrected chi connectivity index (χ2v) is 11.0. The number of rotatable bonds is 4. The molecule has 6 rings (SSSR count). The van der Waals surface area contributed by atoms with E-state index in [-0.39, 0.29) is 30.2 Å². The van der Waals surface area contributed by atoms with E-state index in [1.807, 2.05) is 36.4 Å². The molecule has 0 aliphatic heterocycles. The van der Waals surface area contributed by atoms with E-state index >= 15 is 0 Å². The van der Waals surface area contributed by atoms with Crippen LogP contribution in [0.2, 0.25) is 0 Å². The fourth-order valence-corrected chi connectivity index (χ4v) is 5.22. The zero-order valence-electron chi connectivity index (χ0n) is 21.9. The van der Waals surface area contributed by atoms with Gasteiger partial charge >= 0.3 is 125 Å². The second-order valence-electron chi connectivity index (χ2n) is 9.49. The SMILES string of the molecule is CC(C)([C](=[Zr+2])Cc1ccccc1)c1ccccc1.[Cl-].[Cl-].[c-]1cccc2c1Cc1ccccc1-2.c1cc[cH-]c1. The number of hydrogen-bond acceptors (Lipinski definition) is 0. The molecule has 0 saturated carbocycles. The molecule has 0 radical (unpaired) electrons. The maximum Gasteiger partial charge on any atom is -0.0253 e. The van der Waals surface area contributed by atoms with Gasteiger partial charge < -0.3 is 24.8 Å². The van der Waals surface area contributed by atoms with Gasteiger partial charge in [0.05, 0.1) is 0 Å². The van der Waals surface area contributed by atoms with E-state index in [9.17, 15) is 0 Å². The van der Waals surface area contributed by atoms with E-state index in [1.54, 1.807) is 3.21 Å². The summed E-state index contributed by atoms with van der Waals surface area (Å²) in [6.45, 7) is 4.66. The molecule has 0 aromatic heterocycles. The van der Waals surface area contributed by atoms with Crippen LogP contribution in [0.4, 0.5) is 0 Å². The van der Waals surface area contributed by atoms with Crippen molar-refractivity contribution in [2.75, 3.05) is 0 Å². The molecule has 5 aromatic carbocycles. The van der Waals surface area contributed by atoms with E-state index < -0.39 is 0 Å². The summed E-state index contributed by atoms with van der Waals surface area (Å²) in [6.07, 6.45) is 2.13. The Morgan fingerprint density at radius 2 is 1.32 bits per heavy atom. The number of benzene rings is 4. The molecular formula is C35H32Cl2Zr-2. The molecule has 0 spiro atoms. The first-order chi connectivity index (χ1) is 17.6. The first kappa shape index (κ1) is 31.8. The van der Waals surface area contributed by atoms with Crippen molar-refractivity contribution in [3.63, 3.8) is 0 Å². The summed E-state index contributed by atoms with van der Waals surface area (Å²) in [5.41, 5.74) is 8.49. The Kier molecular flexibility index (Phi) is 13.3. The van der Waals surface area contributed by atoms with Gasteiger partial charge in [-0.1, -0.05) is 35.4 Å². The van der Waals surface area contributed by atoms with E-state index in [2.05, 4.69) is 117 Å². The maximum atomic E-state index is 3.30. The van der Waals surface area contributed by atoms with Crippen LogP contribution >= 0.6 is 0 Å². The van der Waals surface area contributed by atoms with E-state index in [0.29, 0.717) is 0 Å². The van der Waals surface area contributed by atoms with Crippen LogP contribution in [0.1, 0.15) is 36.1 Å². The molecule has 192 valence electrons. The van der Waals surface area contributed by atoms with Gasteiger partial charge in [-0.25, -0.2) is 12.1 Å². The first-order valence-electron chi connectivity index (χ1n) is 12.5. The van der Waals surface area contributed by atoms with Crippen LogP contribution in [0.15, 0.2) is 133 Å². The van der Waals surface area contributed by atoms with Crippen LogP contribution in [0.5, 0.6) is 0 Å². The van der Waals surface area contributed by atoms with Crippen LogP contribution in [-0.4, -0.2) is 3.21 Å². The number of hydrogen-bond donors (Lipinski definition) is 0. The second kappa shape index (κ2) is 15.8. The molecule has 0 unspecified atom stereocenters. The third-order valence-electron chi connectivity index (χ3n) is 6.65. The van der Waals surface area contributed by atoms with E-state index in [4.69, 9.17) is 0 Å². The van der Waals surface area contributed by atoms with Crippen LogP contribution in [0.25, 0.3) is 11.1 Å². The van der Waals surface area contributed by atoms with Gasteiger partial charge in [-0.3, -0.25) is 0 Å². The Balaban J connectivity index is 0.000000221. The predicted molar refractivity (Wildman–Crippen MR) is 150 cm³/mol. The van der Waals surface area contributed by atoms with Crippen LogP contribution in [-0.2, 0) is 42.5 Å². The Hall–Kier alpha value is -2.44. The molecule has 0 saturated heterocycles. The van der Waals surface area contributed by atoms with Crippen molar-refractivity contribution >= 4 is 3.21 Å². The van der Waals surface area contributed by atoms with E-state index in [1.165, 1.54) is 57.6 Å². The molecule has 0 fully saturated rings. The Bertz CT molecular complexity index is 1300. The van der Waals surface area contributed by atoms with Gasteiger partial charge in [0.25, 0.3) is 0 Å². The molecular weight excluding hydrogens is 583 g/mol. The summed E-state index contributed by atoms with van der Waals surface area (Å²) in [6, 6.07) is 49.7. The van der Waals surface area contributed by atoms with Crippen molar-refractivity contribution in [2.45, 2.75) is 32.1 Å². The zero-order valence-corrected chi connectivity index (χ0v) is 25.8. The molecule has 1 aliphatic rings. The molecule has 0 heterocycles. The average Bonchev–Trinajstić information content (AvgIpc) is 3.62. The smallest absolute Gasteiger partial charge is 0.0253 e. The summed E-state index contributed by atoms with van der Waals surface area (Å²) in [4.78, 5) is 0. The summed E-state index contributed by atoms with van der Waals surface area (Å²) in [5, 5.41) is 0. The molecule has 0 bridgehead atoms. The third kappa shape index (κ3) is 8.54. The first-order valence-corrected chi connectivity index (χ1v) is 13.7. The molecule has 0 N–H and O–H groups in total. The van der Waals surface area contributed by atoms with Gasteiger partial charge in [-0.05, 0) is 6.42 Å². The summed E-state index contributed by atoms with van der Waals surface area (Å²) in [7, 11) is 0. The normalized spacial score (nSPS) is 10.6. The van der Waals surface area contributed by atoms with E-state index in [0.717, 1.165) is 12.8 Å². The minimum atomic E-state index is 0. The van der Waals surface area contributed by atoms with Crippen LogP contribution < -0.4 is 24.8 Å². The Morgan fingerprint density at radius 1 is 0.737 bits per heavy atom. The average molecular weight is 615 g/mol. The molecule has 3 heteroatoms. The summed E-state index contributed by atoms with van der Waals surface area (Å²) >= 11 is 1.53. The molecule has 0 amide bonds. The van der Waals surface area contributed by atoms with Crippen molar-refractivity contribution in [3.05, 3.63) is 162 Å². The zero-order chi connectivity index (χ0) is 25.2. The molecule has 0 atom stereocenters. The monoisotopic (exact) mass is 612 g/mol. The molecule has 0 nitrogen and oxygen atoms in total. The van der Waals surface area contributed by atoms with Crippen LogP contribution in [0.3, 0.4) is 0 Å². The van der Waals surface area contributed by atoms with Gasteiger partial charge in [0.15, 0.2) is 0 Å². The third-order valence-corrected chi connectivity index (χ3v) is 8.62. The molecule has 5 aromatic rings. The van der Waals surface area contributed by atoms with Crippen molar-refractivity contribution in [1.29, 1.82) is 0 Å². The fourth-order valence-electron chi connectivity index (χ4n) is 4.37. The Morgan fingerprint density at radius 3 is 1.95 bits per heavy atom. The van der Waals surface area contributed by atoms with Crippen molar-refractivity contribution in [1.82, 2.24) is 0 Å². The van der Waals surface area contributed by atoms with Crippen molar-refractivity contribution in [2.24, 2.45) is 0 Å². The standard InChI is InChI=1S/C17H18.C13H9.C5H5.2ClH.Zr/c1-17(2,16-11-7-4-8-12-16)14-13-15-9-5-3-6-10-15;1-3-7-12-10(5-1)9-11-6-2-4-8-13(11)12;1-2-4-5-3-1;;;/h3-12H,13H2,1-2H3;1-5,7-8H,9H2;1-5H;2*1H;/q;2*-1;;;+2/p-2. The van der Waals surface area contributed by atoms with Crippen molar-refractivity contribution < 1.29 is 49.0 Å². The fraction of sp³-hybridized carbons (Fsp3) is 0.143. The minimum absolute atomic E-state index is 0. The molecule has 1 aliphatic carbocycles. The molecule has 38 heavy (non-hydrogen) atoms. The number of halogens is 2. The Labute approximate surface area is 255 Å². The number of fused-ring (bicyclic) bond motifs is 3. The maximum absolute atomic E-state index is 3.30. The van der Waals surface area contributed by atoms with Gasteiger partial charge in [0, 0.05) is 0 Å². The van der Waals surface area contributed by atoms with Gasteiger partial charge in [0.1, 0.15) is 0 Å². The topological polar surface area (TPSA) is 0 Å². The largest absolute Gasteiger partial charge is 1.00 e. The summed E-state index contributed by atoms with van der Waals surface area (Å²) < 4.78 is 1.59. The quantitative estimate of drug-likeness (QED) is 0.268. The van der Waals surface area contributed by atoms with Crippen molar-refractivity contribution in [3.8, 4) is 11.1 Å². The predicted octanol–water partition coefficient (Wildman–Crippen LogP) is 2.40. The van der Waals surface area contributed by atoms with Gasteiger partial charge in [-0.2, -0.15) is 48.0 Å². The summed E-state index contributed by atoms with van der Waals surface area (Å²) in [5.74, 6) is 0. The minimum Gasteiger partial charge on any atom is -1.00 e. The van der Waals surface area contributed by atoms with Gasteiger partial charge in [0.2, 0.25) is 0 Å². The van der Waals surface area contributed by atoms with Crippen LogP contribution in [0, 0.1) is 6.07 Å².